The lowest BCUT2D eigenvalue weighted by atomic mass is 10.4. The molecule has 2 aromatic heterocycles. The van der Waals surface area contributed by atoms with Gasteiger partial charge in [-0.3, -0.25) is 9.48 Å². The Kier molecular flexibility index (Phi) is 3.82. The van der Waals surface area contributed by atoms with E-state index in [0.29, 0.717) is 6.54 Å². The van der Waals surface area contributed by atoms with Crippen LogP contribution in [0.15, 0.2) is 40.5 Å². The van der Waals surface area contributed by atoms with Crippen molar-refractivity contribution >= 4 is 10.0 Å². The molecule has 0 fully saturated rings. The number of rotatable bonds is 5. The molecule has 19 heavy (non-hydrogen) atoms. The lowest BCUT2D eigenvalue weighted by molar-refractivity contribution is 0.560. The Hall–Kier alpha value is -1.93. The first-order valence-electron chi connectivity index (χ1n) is 5.65. The zero-order valence-corrected chi connectivity index (χ0v) is 11.1. The maximum atomic E-state index is 11.9. The van der Waals surface area contributed by atoms with Crippen molar-refractivity contribution in [2.45, 2.75) is 18.4 Å². The highest BCUT2D eigenvalue weighted by Gasteiger charge is 2.16. The van der Waals surface area contributed by atoms with Gasteiger partial charge in [0.25, 0.3) is 0 Å². The van der Waals surface area contributed by atoms with Crippen LogP contribution in [0, 0.1) is 6.92 Å². The fraction of sp³-hybridized carbons (Fsp3) is 0.273. The molecular weight excluding hydrogens is 268 g/mol. The van der Waals surface area contributed by atoms with Crippen LogP contribution in [0.3, 0.4) is 0 Å². The van der Waals surface area contributed by atoms with Gasteiger partial charge in [0.1, 0.15) is 4.90 Å². The van der Waals surface area contributed by atoms with Crippen molar-refractivity contribution in [1.82, 2.24) is 19.5 Å². The SMILES string of the molecule is Cc1cnn(CCNS(=O)(=O)c2c[nH]ccc2=O)c1. The molecular formula is C11H14N4O3S. The van der Waals surface area contributed by atoms with Gasteiger partial charge in [-0.2, -0.15) is 5.10 Å². The predicted molar refractivity (Wildman–Crippen MR) is 69.2 cm³/mol. The molecule has 0 aliphatic heterocycles. The van der Waals surface area contributed by atoms with E-state index in [1.807, 2.05) is 13.1 Å². The zero-order valence-electron chi connectivity index (χ0n) is 10.3. The van der Waals surface area contributed by atoms with Gasteiger partial charge < -0.3 is 4.98 Å². The minimum absolute atomic E-state index is 0.164. The van der Waals surface area contributed by atoms with Crippen LogP contribution < -0.4 is 10.2 Å². The van der Waals surface area contributed by atoms with Gasteiger partial charge in [-0.1, -0.05) is 0 Å². The van der Waals surface area contributed by atoms with Gasteiger partial charge >= 0.3 is 0 Å². The summed E-state index contributed by atoms with van der Waals surface area (Å²) in [6.45, 7) is 2.47. The number of H-pyrrole nitrogens is 1. The van der Waals surface area contributed by atoms with Crippen LogP contribution in [0.1, 0.15) is 5.56 Å². The van der Waals surface area contributed by atoms with E-state index in [0.717, 1.165) is 5.56 Å². The first-order valence-corrected chi connectivity index (χ1v) is 7.13. The van der Waals surface area contributed by atoms with Crippen LogP contribution in [0.5, 0.6) is 0 Å². The van der Waals surface area contributed by atoms with Crippen LogP contribution >= 0.6 is 0 Å². The number of aryl methyl sites for hydroxylation is 1. The molecule has 2 aromatic rings. The molecule has 0 radical (unpaired) electrons. The summed E-state index contributed by atoms with van der Waals surface area (Å²) in [5, 5.41) is 4.04. The summed E-state index contributed by atoms with van der Waals surface area (Å²) in [6, 6.07) is 1.17. The normalized spacial score (nSPS) is 11.6. The fourth-order valence-electron chi connectivity index (χ4n) is 1.57. The number of sulfonamides is 1. The smallest absolute Gasteiger partial charge is 0.245 e. The first-order chi connectivity index (χ1) is 8.99. The van der Waals surface area contributed by atoms with Gasteiger partial charge in [-0.25, -0.2) is 13.1 Å². The summed E-state index contributed by atoms with van der Waals surface area (Å²) < 4.78 is 27.8. The van der Waals surface area contributed by atoms with Crippen molar-refractivity contribution in [3.8, 4) is 0 Å². The number of nitrogens with zero attached hydrogens (tertiary/aromatic N) is 2. The highest BCUT2D eigenvalue weighted by atomic mass is 32.2. The molecule has 8 heteroatoms. The van der Waals surface area contributed by atoms with Gasteiger partial charge in [0.05, 0.1) is 12.7 Å². The van der Waals surface area contributed by atoms with Crippen LogP contribution in [-0.2, 0) is 16.6 Å². The molecule has 0 aliphatic rings. The maximum Gasteiger partial charge on any atom is 0.245 e. The summed E-state index contributed by atoms with van der Waals surface area (Å²) in [6.07, 6.45) is 6.05. The number of nitrogens with one attached hydrogen (secondary N) is 2. The average molecular weight is 282 g/mol. The lowest BCUT2D eigenvalue weighted by Crippen LogP contribution is -2.31. The topological polar surface area (TPSA) is 96.8 Å². The molecule has 2 heterocycles. The molecule has 2 N–H and O–H groups in total. The van der Waals surface area contributed by atoms with Crippen LogP contribution in [0.4, 0.5) is 0 Å². The Bertz CT molecular complexity index is 717. The zero-order chi connectivity index (χ0) is 13.9. The van der Waals surface area contributed by atoms with E-state index in [1.54, 1.807) is 10.9 Å². The summed E-state index contributed by atoms with van der Waals surface area (Å²) in [5.41, 5.74) is 0.462. The van der Waals surface area contributed by atoms with E-state index < -0.39 is 15.5 Å². The Morgan fingerprint density at radius 3 is 2.89 bits per heavy atom. The molecule has 7 nitrogen and oxygen atoms in total. The third-order valence-electron chi connectivity index (χ3n) is 2.47. The predicted octanol–water partition coefficient (Wildman–Crippen LogP) is -0.142. The van der Waals surface area contributed by atoms with E-state index in [-0.39, 0.29) is 11.4 Å². The number of hydrogen-bond acceptors (Lipinski definition) is 4. The summed E-state index contributed by atoms with van der Waals surface area (Å²) >= 11 is 0. The van der Waals surface area contributed by atoms with E-state index in [9.17, 15) is 13.2 Å². The van der Waals surface area contributed by atoms with Crippen molar-refractivity contribution in [2.75, 3.05) is 6.54 Å². The highest BCUT2D eigenvalue weighted by molar-refractivity contribution is 7.89. The largest absolute Gasteiger partial charge is 0.366 e. The van der Waals surface area contributed by atoms with Gasteiger partial charge in [0.15, 0.2) is 0 Å². The second-order valence-electron chi connectivity index (χ2n) is 4.05. The number of hydrogen-bond donors (Lipinski definition) is 2. The van der Waals surface area contributed by atoms with Crippen LogP contribution in [-0.4, -0.2) is 29.7 Å². The second-order valence-corrected chi connectivity index (χ2v) is 5.79. The molecule has 2 rings (SSSR count). The molecule has 0 aromatic carbocycles. The van der Waals surface area contributed by atoms with E-state index in [2.05, 4.69) is 14.8 Å². The van der Waals surface area contributed by atoms with E-state index in [4.69, 9.17) is 0 Å². The Balaban J connectivity index is 2.03. The molecule has 0 atom stereocenters. The Morgan fingerprint density at radius 1 is 1.47 bits per heavy atom. The standard InChI is InChI=1S/C11H14N4O3S/c1-9-6-13-15(8-9)5-4-14-19(17,18)11-7-12-3-2-10(11)16/h2-3,6-8,14H,4-5H2,1H3,(H,12,16). The van der Waals surface area contributed by atoms with Crippen molar-refractivity contribution in [2.24, 2.45) is 0 Å². The van der Waals surface area contributed by atoms with E-state index >= 15 is 0 Å². The van der Waals surface area contributed by atoms with Crippen molar-refractivity contribution in [1.29, 1.82) is 0 Å². The lowest BCUT2D eigenvalue weighted by Gasteiger charge is -2.05. The quantitative estimate of drug-likeness (QED) is 0.797. The Morgan fingerprint density at radius 2 is 2.26 bits per heavy atom. The fourth-order valence-corrected chi connectivity index (χ4v) is 2.64. The van der Waals surface area contributed by atoms with Gasteiger partial charge in [-0.05, 0) is 12.5 Å². The third kappa shape index (κ3) is 3.30. The van der Waals surface area contributed by atoms with Crippen molar-refractivity contribution < 1.29 is 8.42 Å². The molecule has 0 amide bonds. The minimum atomic E-state index is -3.79. The van der Waals surface area contributed by atoms with Crippen molar-refractivity contribution in [3.05, 3.63) is 46.6 Å². The number of aromatic amines is 1. The van der Waals surface area contributed by atoms with E-state index in [1.165, 1.54) is 18.5 Å². The van der Waals surface area contributed by atoms with Gasteiger partial charge in [-0.15, -0.1) is 0 Å². The molecule has 0 unspecified atom stereocenters. The third-order valence-corrected chi connectivity index (χ3v) is 3.96. The molecule has 0 aliphatic carbocycles. The second kappa shape index (κ2) is 5.37. The van der Waals surface area contributed by atoms with Crippen LogP contribution in [0.2, 0.25) is 0 Å². The minimum Gasteiger partial charge on any atom is -0.366 e. The molecule has 0 saturated carbocycles. The van der Waals surface area contributed by atoms with Gasteiger partial charge in [0.2, 0.25) is 15.5 Å². The summed E-state index contributed by atoms with van der Waals surface area (Å²) in [5.74, 6) is 0. The van der Waals surface area contributed by atoms with Crippen molar-refractivity contribution in [3.63, 3.8) is 0 Å². The highest BCUT2D eigenvalue weighted by Crippen LogP contribution is 1.99. The summed E-state index contributed by atoms with van der Waals surface area (Å²) in [7, 11) is -3.79. The Labute approximate surface area is 110 Å². The summed E-state index contributed by atoms with van der Waals surface area (Å²) in [4.78, 5) is 13.7. The average Bonchev–Trinajstić information content (AvgIpc) is 2.75. The molecule has 102 valence electrons. The molecule has 0 saturated heterocycles. The number of aromatic nitrogens is 3. The first kappa shape index (κ1) is 13.5. The number of pyridine rings is 1. The molecule has 0 spiro atoms. The van der Waals surface area contributed by atoms with Gasteiger partial charge in [0, 0.05) is 31.2 Å². The molecule has 0 bridgehead atoms. The monoisotopic (exact) mass is 282 g/mol. The van der Waals surface area contributed by atoms with Crippen LogP contribution in [0.25, 0.3) is 0 Å². The maximum absolute atomic E-state index is 11.9.